The van der Waals surface area contributed by atoms with Gasteiger partial charge < -0.3 is 0 Å². The number of nitrogens with one attached hydrogen (secondary N) is 3. The fourth-order valence-electron chi connectivity index (χ4n) is 3.58. The molecule has 0 saturated carbocycles. The summed E-state index contributed by atoms with van der Waals surface area (Å²) >= 11 is -2.10. The van der Waals surface area contributed by atoms with E-state index in [2.05, 4.69) is 20.6 Å². The van der Waals surface area contributed by atoms with E-state index in [1.54, 1.807) is 30.6 Å². The van der Waals surface area contributed by atoms with E-state index in [9.17, 15) is 14.0 Å². The molecule has 0 saturated heterocycles. The van der Waals surface area contributed by atoms with Crippen LogP contribution in [0.3, 0.4) is 0 Å². The van der Waals surface area contributed by atoms with Crippen molar-refractivity contribution in [3.05, 3.63) is 53.7 Å². The van der Waals surface area contributed by atoms with E-state index in [4.69, 9.17) is 7.80 Å². The number of hydrogen-bond donors (Lipinski definition) is 3. The fourth-order valence-corrected chi connectivity index (χ4v) is 9.24. The first-order valence-electron chi connectivity index (χ1n) is 9.14. The number of H-pyrrole nitrogens is 1. The Hall–Kier alpha value is -2.42. The SMILES string of the molecule is COc1c(F)cccc1Nc1c2[nH]c3c1C(=O)NC(C3)[I-]C(=O)[I-]Oc1cnccc1-2. The third kappa shape index (κ3) is 3.73. The Kier molecular flexibility index (Phi) is 5.45. The van der Waals surface area contributed by atoms with Gasteiger partial charge in [-0.05, 0) is 0 Å². The molecule has 1 aromatic carbocycles. The number of hydrogen-bond acceptors (Lipinski definition) is 6. The molecule has 162 valence electrons. The number of ether oxygens (including phenoxy) is 1. The number of para-hydroxylation sites is 1. The second-order valence-electron chi connectivity index (χ2n) is 6.68. The predicted molar refractivity (Wildman–Crippen MR) is 101 cm³/mol. The van der Waals surface area contributed by atoms with Crippen molar-refractivity contribution in [2.24, 2.45) is 0 Å². The molecule has 1 amide bonds. The molecule has 0 aliphatic carbocycles. The number of methoxy groups -OCH3 is 1. The van der Waals surface area contributed by atoms with Crippen molar-refractivity contribution in [1.82, 2.24) is 15.3 Å². The molecule has 31 heavy (non-hydrogen) atoms. The average molecular weight is 648 g/mol. The second kappa shape index (κ2) is 8.26. The molecule has 8 nitrogen and oxygen atoms in total. The zero-order valence-electron chi connectivity index (χ0n) is 16.0. The molecule has 1 unspecified atom stereocenters. The molecule has 0 spiro atoms. The Morgan fingerprint density at radius 2 is 2.19 bits per heavy atom. The van der Waals surface area contributed by atoms with Crippen molar-refractivity contribution in [2.75, 3.05) is 12.4 Å². The van der Waals surface area contributed by atoms with Gasteiger partial charge in [0, 0.05) is 0 Å². The van der Waals surface area contributed by atoms with Gasteiger partial charge in [-0.2, -0.15) is 0 Å². The molecule has 0 fully saturated rings. The van der Waals surface area contributed by atoms with Gasteiger partial charge in [0.1, 0.15) is 0 Å². The Balaban J connectivity index is 1.72. The van der Waals surface area contributed by atoms with Crippen LogP contribution < -0.4 is 61.3 Å². The van der Waals surface area contributed by atoms with Crippen LogP contribution in [0.5, 0.6) is 11.5 Å². The van der Waals surface area contributed by atoms with E-state index in [1.807, 2.05) is 0 Å². The fraction of sp³-hybridized carbons (Fsp3) is 0.150. The average Bonchev–Trinajstić information content (AvgIpc) is 3.10. The van der Waals surface area contributed by atoms with Crippen molar-refractivity contribution in [3.63, 3.8) is 0 Å². The molecule has 2 aliphatic heterocycles. The minimum atomic E-state index is -1.18. The minimum absolute atomic E-state index is 0.0483. The quantitative estimate of drug-likeness (QED) is 0.123. The van der Waals surface area contributed by atoms with Gasteiger partial charge >= 0.3 is 198 Å². The summed E-state index contributed by atoms with van der Waals surface area (Å²) in [5.74, 6) is -0.263. The van der Waals surface area contributed by atoms with Gasteiger partial charge in [0.2, 0.25) is 0 Å². The number of amides is 1. The maximum atomic E-state index is 14.3. The normalized spacial score (nSPS) is 17.8. The van der Waals surface area contributed by atoms with E-state index in [0.29, 0.717) is 40.4 Å². The summed E-state index contributed by atoms with van der Waals surface area (Å²) in [6.07, 6.45) is 3.71. The summed E-state index contributed by atoms with van der Waals surface area (Å²) in [6.45, 7) is 0. The van der Waals surface area contributed by atoms with Crippen molar-refractivity contribution in [2.45, 2.75) is 10.5 Å². The van der Waals surface area contributed by atoms with Crippen LogP contribution in [-0.4, -0.2) is 28.8 Å². The van der Waals surface area contributed by atoms with Crippen LogP contribution in [0.2, 0.25) is 0 Å². The molecule has 5 rings (SSSR count). The second-order valence-corrected chi connectivity index (χ2v) is 13.7. The van der Waals surface area contributed by atoms with Crippen molar-refractivity contribution >= 4 is 19.1 Å². The molecule has 2 aromatic heterocycles. The van der Waals surface area contributed by atoms with Crippen LogP contribution in [0.15, 0.2) is 36.7 Å². The standard InChI is InChI=1S/C20H15FI2N4O4/c1-30-18-10(21)3-2-4-11(18)25-17-15-12-7-14(27-19(15)28)22-20(29)23-31-13-8-24-6-5-9(13)16(17)26-12/h2-6,8,14,25-26H,7H2,1H3,(H,27,28)/q-2. The van der Waals surface area contributed by atoms with Crippen molar-refractivity contribution in [3.8, 4) is 22.8 Å². The van der Waals surface area contributed by atoms with E-state index in [-0.39, 0.29) is 17.5 Å². The first-order chi connectivity index (χ1) is 15.0. The number of aromatic amines is 1. The first-order valence-corrected chi connectivity index (χ1v) is 13.4. The van der Waals surface area contributed by atoms with E-state index in [1.165, 1.54) is 13.2 Å². The van der Waals surface area contributed by atoms with Crippen LogP contribution in [0, 0.1) is 5.82 Å². The summed E-state index contributed by atoms with van der Waals surface area (Å²) in [6, 6.07) is 6.31. The Bertz CT molecular complexity index is 1220. The third-order valence-corrected chi connectivity index (χ3v) is 10.6. The number of alkyl halides is 1. The van der Waals surface area contributed by atoms with Gasteiger partial charge in [-0.25, -0.2) is 0 Å². The van der Waals surface area contributed by atoms with Gasteiger partial charge in [-0.3, -0.25) is 0 Å². The molecule has 11 heteroatoms. The summed E-state index contributed by atoms with van der Waals surface area (Å²) in [5, 5.41) is 6.16. The Morgan fingerprint density at radius 3 is 3.03 bits per heavy atom. The number of benzene rings is 1. The molecular weight excluding hydrogens is 633 g/mol. The number of fused-ring (bicyclic) bond motifs is 4. The number of carbonyl (C=O) groups excluding carboxylic acids is 2. The molecule has 1 atom stereocenters. The number of rotatable bonds is 3. The van der Waals surface area contributed by atoms with Gasteiger partial charge in [-0.1, -0.05) is 0 Å². The van der Waals surface area contributed by atoms with Gasteiger partial charge in [0.15, 0.2) is 0 Å². The number of nitrogens with zero attached hydrogens (tertiary/aromatic N) is 1. The molecular formula is C20H15FI2N4O4-2. The van der Waals surface area contributed by atoms with Gasteiger partial charge in [0.25, 0.3) is 0 Å². The zero-order valence-corrected chi connectivity index (χ0v) is 20.3. The third-order valence-electron chi connectivity index (χ3n) is 4.86. The zero-order chi connectivity index (χ0) is 21.5. The van der Waals surface area contributed by atoms with E-state index >= 15 is 0 Å². The van der Waals surface area contributed by atoms with E-state index in [0.717, 1.165) is 5.69 Å². The van der Waals surface area contributed by atoms with Gasteiger partial charge in [-0.15, -0.1) is 0 Å². The Labute approximate surface area is 197 Å². The monoisotopic (exact) mass is 648 g/mol. The van der Waals surface area contributed by atoms with Crippen LogP contribution >= 0.6 is 0 Å². The van der Waals surface area contributed by atoms with Crippen LogP contribution in [0.25, 0.3) is 11.3 Å². The van der Waals surface area contributed by atoms with Crippen LogP contribution in [0.1, 0.15) is 16.1 Å². The predicted octanol–water partition coefficient (Wildman–Crippen LogP) is -2.81. The molecule has 3 aromatic rings. The van der Waals surface area contributed by atoms with Crippen LogP contribution in [0.4, 0.5) is 20.6 Å². The Morgan fingerprint density at radius 1 is 1.32 bits per heavy atom. The molecule has 3 bridgehead atoms. The number of anilines is 2. The summed E-state index contributed by atoms with van der Waals surface area (Å²) in [7, 11) is 1.39. The van der Waals surface area contributed by atoms with Crippen molar-refractivity contribution < 1.29 is 64.6 Å². The van der Waals surface area contributed by atoms with Gasteiger partial charge in [0.05, 0.1) is 0 Å². The maximum absolute atomic E-state index is 14.3. The summed E-state index contributed by atoms with van der Waals surface area (Å²) in [4.78, 5) is 33.0. The summed E-state index contributed by atoms with van der Waals surface area (Å²) < 4.78 is 25.3. The number of aromatic nitrogens is 2. The van der Waals surface area contributed by atoms with Crippen LogP contribution in [-0.2, 0) is 6.42 Å². The number of pyridine rings is 1. The molecule has 4 heterocycles. The molecule has 3 N–H and O–H groups in total. The van der Waals surface area contributed by atoms with E-state index < -0.39 is 48.6 Å². The van der Waals surface area contributed by atoms with Crippen molar-refractivity contribution in [1.29, 1.82) is 0 Å². The first kappa shape index (κ1) is 20.5. The summed E-state index contributed by atoms with van der Waals surface area (Å²) in [5.41, 5.74) is 3.33. The number of carbonyl (C=O) groups is 2. The molecule has 0 radical (unpaired) electrons. The number of halogens is 3. The molecule has 2 aliphatic rings. The topological polar surface area (TPSA) is 105 Å².